The van der Waals surface area contributed by atoms with Gasteiger partial charge in [0.15, 0.2) is 10.9 Å². The number of nitrogens with zero attached hydrogens (tertiary/aromatic N) is 3. The van der Waals surface area contributed by atoms with Crippen molar-refractivity contribution in [3.8, 4) is 5.13 Å². The van der Waals surface area contributed by atoms with Crippen LogP contribution >= 0.6 is 34.4 Å². The van der Waals surface area contributed by atoms with E-state index in [1.807, 2.05) is 43.5 Å². The summed E-state index contributed by atoms with van der Waals surface area (Å²) in [5, 5.41) is 3.92. The Morgan fingerprint density at radius 2 is 2.12 bits per heavy atom. The van der Waals surface area contributed by atoms with Crippen LogP contribution in [0, 0.1) is 13.8 Å². The average molecular weight is 400 g/mol. The van der Waals surface area contributed by atoms with E-state index in [1.165, 1.54) is 4.70 Å². The van der Waals surface area contributed by atoms with Gasteiger partial charge in [-0.2, -0.15) is 0 Å². The molecule has 0 saturated heterocycles. The Morgan fingerprint density at radius 3 is 2.88 bits per heavy atom. The number of hydrogen-bond donors (Lipinski definition) is 0. The minimum absolute atomic E-state index is 0.159. The molecule has 4 aromatic rings. The van der Waals surface area contributed by atoms with E-state index in [2.05, 4.69) is 20.6 Å². The Kier molecular flexibility index (Phi) is 4.93. The van der Waals surface area contributed by atoms with Crippen molar-refractivity contribution in [2.75, 3.05) is 5.75 Å². The number of carbonyl (C=O) groups is 1. The van der Waals surface area contributed by atoms with Crippen molar-refractivity contribution in [2.45, 2.75) is 19.6 Å². The second-order valence-corrected chi connectivity index (χ2v) is 8.90. The maximum atomic E-state index is 12.7. The van der Waals surface area contributed by atoms with Crippen LogP contribution in [0.2, 0.25) is 0 Å². The summed E-state index contributed by atoms with van der Waals surface area (Å²) in [6.07, 6.45) is 1.79. The quantitative estimate of drug-likeness (QED) is 0.414. The molecule has 4 nitrogen and oxygen atoms in total. The smallest absolute Gasteiger partial charge is 0.193 e. The molecule has 0 saturated carbocycles. The predicted octanol–water partition coefficient (Wildman–Crippen LogP) is 5.28. The van der Waals surface area contributed by atoms with Crippen molar-refractivity contribution >= 4 is 50.4 Å². The number of carbonyl (C=O) groups excluding carboxylic acids is 1. The molecule has 0 amide bonds. The minimum Gasteiger partial charge on any atom is -0.294 e. The fourth-order valence-corrected chi connectivity index (χ4v) is 5.64. The van der Waals surface area contributed by atoms with Gasteiger partial charge in [0.2, 0.25) is 0 Å². The molecule has 0 aliphatic heterocycles. The van der Waals surface area contributed by atoms with Crippen LogP contribution in [0.15, 0.2) is 41.9 Å². The molecule has 0 radical (unpaired) electrons. The summed E-state index contributed by atoms with van der Waals surface area (Å²) in [4.78, 5) is 21.7. The van der Waals surface area contributed by atoms with Gasteiger partial charge in [-0.3, -0.25) is 9.36 Å². The van der Waals surface area contributed by atoms with E-state index in [0.29, 0.717) is 5.75 Å². The van der Waals surface area contributed by atoms with Gasteiger partial charge >= 0.3 is 0 Å². The van der Waals surface area contributed by atoms with Gasteiger partial charge in [0.25, 0.3) is 0 Å². The zero-order valence-electron chi connectivity index (χ0n) is 14.4. The van der Waals surface area contributed by atoms with E-state index in [4.69, 9.17) is 0 Å². The highest BCUT2D eigenvalue weighted by Crippen LogP contribution is 2.26. The molecule has 7 heteroatoms. The first-order valence-electron chi connectivity index (χ1n) is 8.17. The number of ketones is 1. The zero-order chi connectivity index (χ0) is 18.1. The number of aromatic nitrogens is 3. The lowest BCUT2D eigenvalue weighted by Gasteiger charge is -2.05. The Morgan fingerprint density at radius 1 is 1.27 bits per heavy atom. The van der Waals surface area contributed by atoms with Crippen molar-refractivity contribution in [2.24, 2.45) is 0 Å². The van der Waals surface area contributed by atoms with E-state index in [0.717, 1.165) is 38.4 Å². The van der Waals surface area contributed by atoms with Gasteiger partial charge in [-0.05, 0) is 32.0 Å². The number of benzene rings is 1. The average Bonchev–Trinajstić information content (AvgIpc) is 3.33. The largest absolute Gasteiger partial charge is 0.294 e. The first-order chi connectivity index (χ1) is 12.6. The maximum Gasteiger partial charge on any atom is 0.193 e. The predicted molar refractivity (Wildman–Crippen MR) is 111 cm³/mol. The standard InChI is InChI=1S/C19H17N3OS3/c1-12-9-14(13(2)22(12)19-20-7-8-25-19)16(23)10-24-11-18-21-15-5-3-4-6-17(15)26-18/h3-9H,10-11H2,1-2H3. The fraction of sp³-hybridized carbons (Fsp3) is 0.211. The Labute approximate surface area is 163 Å². The lowest BCUT2D eigenvalue weighted by atomic mass is 10.2. The SMILES string of the molecule is Cc1cc(C(=O)CSCc2nc3ccccc3s2)c(C)n1-c1nccs1. The number of thioether (sulfide) groups is 1. The summed E-state index contributed by atoms with van der Waals surface area (Å²) in [7, 11) is 0. The third-order valence-electron chi connectivity index (χ3n) is 4.14. The van der Waals surface area contributed by atoms with E-state index in [1.54, 1.807) is 40.6 Å². The summed E-state index contributed by atoms with van der Waals surface area (Å²) in [6, 6.07) is 10.1. The number of hydrogen-bond acceptors (Lipinski definition) is 6. The highest BCUT2D eigenvalue weighted by Gasteiger charge is 2.18. The molecule has 1 aromatic carbocycles. The van der Waals surface area contributed by atoms with Crippen molar-refractivity contribution < 1.29 is 4.79 Å². The van der Waals surface area contributed by atoms with Gasteiger partial charge < -0.3 is 0 Å². The highest BCUT2D eigenvalue weighted by atomic mass is 32.2. The topological polar surface area (TPSA) is 47.8 Å². The Balaban J connectivity index is 1.44. The Hall–Kier alpha value is -1.96. The van der Waals surface area contributed by atoms with Crippen molar-refractivity contribution in [3.05, 3.63) is 63.9 Å². The fourth-order valence-electron chi connectivity index (χ4n) is 2.96. The van der Waals surface area contributed by atoms with Gasteiger partial charge in [-0.1, -0.05) is 12.1 Å². The molecule has 0 bridgehead atoms. The van der Waals surface area contributed by atoms with Crippen LogP contribution < -0.4 is 0 Å². The summed E-state index contributed by atoms with van der Waals surface area (Å²) in [5.41, 5.74) is 3.82. The first kappa shape index (κ1) is 17.5. The second kappa shape index (κ2) is 7.34. The minimum atomic E-state index is 0.159. The van der Waals surface area contributed by atoms with E-state index < -0.39 is 0 Å². The molecule has 0 atom stereocenters. The molecule has 4 rings (SSSR count). The molecule has 26 heavy (non-hydrogen) atoms. The number of thiazole rings is 2. The summed E-state index contributed by atoms with van der Waals surface area (Å²) in [6.45, 7) is 4.00. The van der Waals surface area contributed by atoms with Crippen LogP contribution in [0.5, 0.6) is 0 Å². The molecule has 0 aliphatic rings. The summed E-state index contributed by atoms with van der Waals surface area (Å²) < 4.78 is 3.25. The van der Waals surface area contributed by atoms with Gasteiger partial charge in [-0.15, -0.1) is 34.4 Å². The van der Waals surface area contributed by atoms with Crippen molar-refractivity contribution in [1.82, 2.24) is 14.5 Å². The first-order valence-corrected chi connectivity index (χ1v) is 11.0. The summed E-state index contributed by atoms with van der Waals surface area (Å²) in [5.74, 6) is 1.38. The molecular weight excluding hydrogens is 382 g/mol. The van der Waals surface area contributed by atoms with Gasteiger partial charge in [0, 0.05) is 34.3 Å². The highest BCUT2D eigenvalue weighted by molar-refractivity contribution is 7.99. The molecule has 0 aliphatic carbocycles. The molecule has 3 heterocycles. The van der Waals surface area contributed by atoms with Gasteiger partial charge in [-0.25, -0.2) is 9.97 Å². The van der Waals surface area contributed by atoms with Crippen LogP contribution in [-0.2, 0) is 5.75 Å². The van der Waals surface area contributed by atoms with Crippen LogP contribution in [0.1, 0.15) is 26.8 Å². The number of Topliss-reactive ketones (excluding diaryl/α,β-unsaturated/α-hetero) is 1. The number of fused-ring (bicyclic) bond motifs is 1. The van der Waals surface area contributed by atoms with Gasteiger partial charge in [0.05, 0.1) is 16.0 Å². The van der Waals surface area contributed by atoms with Crippen molar-refractivity contribution in [3.63, 3.8) is 0 Å². The Bertz CT molecular complexity index is 1030. The van der Waals surface area contributed by atoms with Crippen LogP contribution in [-0.4, -0.2) is 26.1 Å². The number of para-hydroxylation sites is 1. The molecule has 0 spiro atoms. The van der Waals surface area contributed by atoms with Crippen molar-refractivity contribution in [1.29, 1.82) is 0 Å². The number of aryl methyl sites for hydroxylation is 1. The molecule has 0 unspecified atom stereocenters. The third kappa shape index (κ3) is 3.34. The van der Waals surface area contributed by atoms with E-state index >= 15 is 0 Å². The van der Waals surface area contributed by atoms with Gasteiger partial charge in [0.1, 0.15) is 5.01 Å². The normalized spacial score (nSPS) is 11.3. The molecule has 3 aromatic heterocycles. The lowest BCUT2D eigenvalue weighted by molar-refractivity contribution is 0.102. The van der Waals surface area contributed by atoms with Crippen LogP contribution in [0.25, 0.3) is 15.3 Å². The maximum absolute atomic E-state index is 12.7. The molecule has 0 N–H and O–H groups in total. The third-order valence-corrected chi connectivity index (χ3v) is 7.06. The zero-order valence-corrected chi connectivity index (χ0v) is 16.9. The molecular formula is C19H17N3OS3. The lowest BCUT2D eigenvalue weighted by Crippen LogP contribution is -2.05. The number of rotatable bonds is 6. The molecule has 132 valence electrons. The molecule has 0 fully saturated rings. The monoisotopic (exact) mass is 399 g/mol. The van der Waals surface area contributed by atoms with E-state index in [9.17, 15) is 4.79 Å². The van der Waals surface area contributed by atoms with Crippen LogP contribution in [0.3, 0.4) is 0 Å². The van der Waals surface area contributed by atoms with Crippen LogP contribution in [0.4, 0.5) is 0 Å². The summed E-state index contributed by atoms with van der Waals surface area (Å²) >= 11 is 4.90. The second-order valence-electron chi connectivity index (χ2n) is 5.93. The van der Waals surface area contributed by atoms with E-state index in [-0.39, 0.29) is 5.78 Å².